The molecule has 0 amide bonds. The minimum Gasteiger partial charge on any atom is -0.493 e. The highest BCUT2D eigenvalue weighted by Crippen LogP contribution is 2.32. The zero-order valence-electron chi connectivity index (χ0n) is 11.7. The summed E-state index contributed by atoms with van der Waals surface area (Å²) < 4.78 is 10.6. The maximum atomic E-state index is 5.34. The second-order valence-corrected chi connectivity index (χ2v) is 5.28. The molecule has 1 atom stereocenters. The Morgan fingerprint density at radius 3 is 2.39 bits per heavy atom. The van der Waals surface area contributed by atoms with Crippen molar-refractivity contribution in [1.82, 2.24) is 5.32 Å². The van der Waals surface area contributed by atoms with Gasteiger partial charge in [0, 0.05) is 12.1 Å². The van der Waals surface area contributed by atoms with Crippen molar-refractivity contribution in [2.45, 2.75) is 38.8 Å². The smallest absolute Gasteiger partial charge is 0.161 e. The van der Waals surface area contributed by atoms with Crippen molar-refractivity contribution >= 4 is 0 Å². The first-order chi connectivity index (χ1) is 8.63. The number of hydrogen-bond donors (Lipinski definition) is 1. The molecule has 3 nitrogen and oxygen atoms in total. The van der Waals surface area contributed by atoms with E-state index < -0.39 is 0 Å². The van der Waals surface area contributed by atoms with Crippen LogP contribution in [0.25, 0.3) is 0 Å². The van der Waals surface area contributed by atoms with Crippen molar-refractivity contribution in [1.29, 1.82) is 0 Å². The molecule has 3 heteroatoms. The molecular weight excluding hydrogens is 226 g/mol. The third-order valence-electron chi connectivity index (χ3n) is 3.77. The number of hydrogen-bond acceptors (Lipinski definition) is 3. The Balaban J connectivity index is 2.03. The van der Waals surface area contributed by atoms with E-state index in [1.807, 2.05) is 6.07 Å². The summed E-state index contributed by atoms with van der Waals surface area (Å²) in [6.45, 7) is 4.50. The molecule has 0 spiro atoms. The Hall–Kier alpha value is -1.22. The van der Waals surface area contributed by atoms with Gasteiger partial charge in [-0.1, -0.05) is 13.0 Å². The van der Waals surface area contributed by atoms with Crippen LogP contribution in [0.2, 0.25) is 0 Å². The summed E-state index contributed by atoms with van der Waals surface area (Å²) in [5.74, 6) is 2.46. The second-order valence-electron chi connectivity index (χ2n) is 5.28. The highest BCUT2D eigenvalue weighted by molar-refractivity contribution is 5.43. The lowest BCUT2D eigenvalue weighted by atomic mass is 9.81. The predicted octanol–water partition coefficient (Wildman–Crippen LogP) is 3.15. The molecular formula is C15H23NO2. The van der Waals surface area contributed by atoms with Crippen LogP contribution in [0.4, 0.5) is 0 Å². The Kier molecular flexibility index (Phi) is 4.12. The number of rotatable bonds is 5. The van der Waals surface area contributed by atoms with E-state index >= 15 is 0 Å². The van der Waals surface area contributed by atoms with Gasteiger partial charge in [-0.05, 0) is 43.4 Å². The molecule has 0 saturated heterocycles. The second kappa shape index (κ2) is 5.61. The maximum absolute atomic E-state index is 5.34. The first-order valence-corrected chi connectivity index (χ1v) is 6.62. The molecule has 1 N–H and O–H groups in total. The summed E-state index contributed by atoms with van der Waals surface area (Å²) in [5.41, 5.74) is 1.24. The molecule has 1 aromatic rings. The van der Waals surface area contributed by atoms with Crippen molar-refractivity contribution < 1.29 is 9.47 Å². The standard InChI is InChI=1S/C15H23NO2/c1-10-7-13(8-10)16-11(2)12-5-6-14(17-3)15(9-12)18-4/h5-6,9-11,13,16H,7-8H2,1-4H3. The summed E-state index contributed by atoms with van der Waals surface area (Å²) >= 11 is 0. The maximum Gasteiger partial charge on any atom is 0.161 e. The zero-order valence-corrected chi connectivity index (χ0v) is 11.7. The lowest BCUT2D eigenvalue weighted by Gasteiger charge is -2.35. The molecule has 18 heavy (non-hydrogen) atoms. The van der Waals surface area contributed by atoms with E-state index in [2.05, 4.69) is 31.3 Å². The van der Waals surface area contributed by atoms with Crippen molar-refractivity contribution in [2.75, 3.05) is 14.2 Å². The van der Waals surface area contributed by atoms with Crippen LogP contribution in [0.3, 0.4) is 0 Å². The molecule has 0 bridgehead atoms. The van der Waals surface area contributed by atoms with Gasteiger partial charge >= 0.3 is 0 Å². The van der Waals surface area contributed by atoms with Gasteiger partial charge in [-0.2, -0.15) is 0 Å². The van der Waals surface area contributed by atoms with E-state index in [1.165, 1.54) is 18.4 Å². The van der Waals surface area contributed by atoms with Gasteiger partial charge in [-0.25, -0.2) is 0 Å². The van der Waals surface area contributed by atoms with Gasteiger partial charge in [-0.15, -0.1) is 0 Å². The van der Waals surface area contributed by atoms with Crippen LogP contribution in [-0.2, 0) is 0 Å². The van der Waals surface area contributed by atoms with Crippen LogP contribution in [0.15, 0.2) is 18.2 Å². The fraction of sp³-hybridized carbons (Fsp3) is 0.600. The topological polar surface area (TPSA) is 30.5 Å². The normalized spacial score (nSPS) is 24.2. The number of nitrogens with one attached hydrogen (secondary N) is 1. The fourth-order valence-electron chi connectivity index (χ4n) is 2.61. The highest BCUT2D eigenvalue weighted by atomic mass is 16.5. The van der Waals surface area contributed by atoms with Crippen molar-refractivity contribution in [3.05, 3.63) is 23.8 Å². The number of benzene rings is 1. The average Bonchev–Trinajstić information content (AvgIpc) is 2.35. The van der Waals surface area contributed by atoms with Crippen LogP contribution in [0, 0.1) is 5.92 Å². The van der Waals surface area contributed by atoms with Crippen LogP contribution in [0.1, 0.15) is 38.3 Å². The molecule has 1 unspecified atom stereocenters. The Bertz CT molecular complexity index is 399. The SMILES string of the molecule is COc1ccc(C(C)NC2CC(C)C2)cc1OC. The molecule has 1 fully saturated rings. The number of methoxy groups -OCH3 is 2. The molecule has 0 heterocycles. The Morgan fingerprint density at radius 1 is 1.17 bits per heavy atom. The molecule has 0 aliphatic heterocycles. The Labute approximate surface area is 109 Å². The summed E-state index contributed by atoms with van der Waals surface area (Å²) in [6.07, 6.45) is 2.58. The summed E-state index contributed by atoms with van der Waals surface area (Å²) in [7, 11) is 3.34. The first kappa shape index (κ1) is 13.2. The van der Waals surface area contributed by atoms with Gasteiger partial charge in [0.2, 0.25) is 0 Å². The summed E-state index contributed by atoms with van der Waals surface area (Å²) in [4.78, 5) is 0. The van der Waals surface area contributed by atoms with Gasteiger partial charge < -0.3 is 14.8 Å². The van der Waals surface area contributed by atoms with Crippen molar-refractivity contribution in [3.8, 4) is 11.5 Å². The molecule has 0 radical (unpaired) electrons. The molecule has 1 saturated carbocycles. The van der Waals surface area contributed by atoms with E-state index in [0.29, 0.717) is 12.1 Å². The van der Waals surface area contributed by atoms with E-state index in [-0.39, 0.29) is 0 Å². The van der Waals surface area contributed by atoms with Crippen molar-refractivity contribution in [2.24, 2.45) is 5.92 Å². The van der Waals surface area contributed by atoms with Crippen molar-refractivity contribution in [3.63, 3.8) is 0 Å². The molecule has 0 aromatic heterocycles. The summed E-state index contributed by atoms with van der Waals surface area (Å²) in [5, 5.41) is 3.66. The quantitative estimate of drug-likeness (QED) is 0.869. The zero-order chi connectivity index (χ0) is 13.1. The van der Waals surface area contributed by atoms with Gasteiger partial charge in [0.05, 0.1) is 14.2 Å². The average molecular weight is 249 g/mol. The molecule has 1 aromatic carbocycles. The van der Waals surface area contributed by atoms with E-state index in [1.54, 1.807) is 14.2 Å². The minimum atomic E-state index is 0.349. The monoisotopic (exact) mass is 249 g/mol. The Morgan fingerprint density at radius 2 is 1.83 bits per heavy atom. The third kappa shape index (κ3) is 2.78. The van der Waals surface area contributed by atoms with Crippen LogP contribution < -0.4 is 14.8 Å². The minimum absolute atomic E-state index is 0.349. The van der Waals surface area contributed by atoms with Gasteiger partial charge in [0.25, 0.3) is 0 Å². The fourth-order valence-corrected chi connectivity index (χ4v) is 2.61. The van der Waals surface area contributed by atoms with Crippen LogP contribution >= 0.6 is 0 Å². The molecule has 100 valence electrons. The lowest BCUT2D eigenvalue weighted by molar-refractivity contribution is 0.226. The lowest BCUT2D eigenvalue weighted by Crippen LogP contribution is -2.41. The number of ether oxygens (including phenoxy) is 2. The predicted molar refractivity (Wildman–Crippen MR) is 73.3 cm³/mol. The molecule has 1 aliphatic rings. The first-order valence-electron chi connectivity index (χ1n) is 6.62. The molecule has 2 rings (SSSR count). The van der Waals surface area contributed by atoms with E-state index in [4.69, 9.17) is 9.47 Å². The third-order valence-corrected chi connectivity index (χ3v) is 3.77. The van der Waals surface area contributed by atoms with Gasteiger partial charge in [-0.3, -0.25) is 0 Å². The van der Waals surface area contributed by atoms with Gasteiger partial charge in [0.1, 0.15) is 0 Å². The van der Waals surface area contributed by atoms with Gasteiger partial charge in [0.15, 0.2) is 11.5 Å². The highest BCUT2D eigenvalue weighted by Gasteiger charge is 2.26. The summed E-state index contributed by atoms with van der Waals surface area (Å²) in [6, 6.07) is 7.14. The van der Waals surface area contributed by atoms with E-state index in [9.17, 15) is 0 Å². The largest absolute Gasteiger partial charge is 0.493 e. The van der Waals surface area contributed by atoms with Crippen LogP contribution in [0.5, 0.6) is 11.5 Å². The van der Waals surface area contributed by atoms with Crippen LogP contribution in [-0.4, -0.2) is 20.3 Å². The van der Waals surface area contributed by atoms with E-state index in [0.717, 1.165) is 17.4 Å². The molecule has 1 aliphatic carbocycles.